The van der Waals surface area contributed by atoms with Gasteiger partial charge in [-0.15, -0.1) is 0 Å². The second-order valence-corrected chi connectivity index (χ2v) is 4.03. The normalized spacial score (nSPS) is 12.1. The van der Waals surface area contributed by atoms with Crippen molar-refractivity contribution in [2.75, 3.05) is 0 Å². The van der Waals surface area contributed by atoms with Gasteiger partial charge in [-0.3, -0.25) is 0 Å². The summed E-state index contributed by atoms with van der Waals surface area (Å²) < 4.78 is 0. The van der Waals surface area contributed by atoms with E-state index in [4.69, 9.17) is 0 Å². The summed E-state index contributed by atoms with van der Waals surface area (Å²) in [6.45, 7) is 3.64. The molecule has 2 N–H and O–H groups in total. The Morgan fingerprint density at radius 3 is 1.50 bits per heavy atom. The van der Waals surface area contributed by atoms with E-state index in [0.29, 0.717) is 11.4 Å². The minimum absolute atomic E-state index is 0.267. The van der Waals surface area contributed by atoms with Crippen molar-refractivity contribution >= 4 is 11.5 Å². The summed E-state index contributed by atoms with van der Waals surface area (Å²) >= 11 is 0. The SMILES string of the molecule is Cc1cccc(C(O)=C(O)c2cccc(C)n2)n1. The first-order valence-corrected chi connectivity index (χ1v) is 5.58. The quantitative estimate of drug-likeness (QED) is 0.794. The summed E-state index contributed by atoms with van der Waals surface area (Å²) in [5.41, 5.74) is 2.19. The minimum atomic E-state index is -0.267. The van der Waals surface area contributed by atoms with Crippen LogP contribution in [-0.2, 0) is 0 Å². The maximum atomic E-state index is 9.98. The zero-order chi connectivity index (χ0) is 13.1. The lowest BCUT2D eigenvalue weighted by Crippen LogP contribution is -1.97. The first-order valence-electron chi connectivity index (χ1n) is 5.58. The molecule has 0 saturated carbocycles. The number of hydrogen-bond acceptors (Lipinski definition) is 4. The zero-order valence-corrected chi connectivity index (χ0v) is 10.3. The predicted molar refractivity (Wildman–Crippen MR) is 70.0 cm³/mol. The molecule has 0 aliphatic heterocycles. The summed E-state index contributed by atoms with van der Waals surface area (Å²) in [5.74, 6) is -0.534. The number of aryl methyl sites for hydroxylation is 2. The first kappa shape index (κ1) is 12.1. The Hall–Kier alpha value is -2.36. The van der Waals surface area contributed by atoms with E-state index in [0.717, 1.165) is 11.4 Å². The lowest BCUT2D eigenvalue weighted by molar-refractivity contribution is 0.455. The number of aliphatic hydroxyl groups is 2. The van der Waals surface area contributed by atoms with Crippen molar-refractivity contribution in [1.29, 1.82) is 0 Å². The fraction of sp³-hybridized carbons (Fsp3) is 0.143. The van der Waals surface area contributed by atoms with Crippen molar-refractivity contribution in [3.8, 4) is 0 Å². The van der Waals surface area contributed by atoms with Gasteiger partial charge in [-0.1, -0.05) is 12.1 Å². The lowest BCUT2D eigenvalue weighted by Gasteiger charge is -2.05. The summed E-state index contributed by atoms with van der Waals surface area (Å²) in [6, 6.07) is 10.4. The fourth-order valence-corrected chi connectivity index (χ4v) is 1.59. The predicted octanol–water partition coefficient (Wildman–Crippen LogP) is 3.04. The Balaban J connectivity index is 2.47. The van der Waals surface area contributed by atoms with Crippen LogP contribution in [0, 0.1) is 13.8 Å². The van der Waals surface area contributed by atoms with Gasteiger partial charge in [0.15, 0.2) is 11.5 Å². The van der Waals surface area contributed by atoms with E-state index < -0.39 is 0 Å². The number of rotatable bonds is 2. The van der Waals surface area contributed by atoms with Crippen molar-refractivity contribution in [3.05, 3.63) is 59.2 Å². The highest BCUT2D eigenvalue weighted by molar-refractivity contribution is 5.79. The Labute approximate surface area is 105 Å². The van der Waals surface area contributed by atoms with E-state index in [9.17, 15) is 10.2 Å². The molecular weight excluding hydrogens is 228 g/mol. The van der Waals surface area contributed by atoms with Crippen molar-refractivity contribution in [2.45, 2.75) is 13.8 Å². The largest absolute Gasteiger partial charge is 0.503 e. The molecule has 18 heavy (non-hydrogen) atoms. The van der Waals surface area contributed by atoms with Crippen LogP contribution in [0.3, 0.4) is 0 Å². The molecule has 2 heterocycles. The molecule has 0 aromatic carbocycles. The fourth-order valence-electron chi connectivity index (χ4n) is 1.59. The van der Waals surface area contributed by atoms with Crippen molar-refractivity contribution in [2.24, 2.45) is 0 Å². The number of nitrogens with zero attached hydrogens (tertiary/aromatic N) is 2. The second kappa shape index (κ2) is 4.87. The molecule has 0 bridgehead atoms. The molecule has 0 fully saturated rings. The molecule has 2 rings (SSSR count). The van der Waals surface area contributed by atoms with Gasteiger partial charge in [0.1, 0.15) is 11.4 Å². The minimum Gasteiger partial charge on any atom is -0.503 e. The highest BCUT2D eigenvalue weighted by atomic mass is 16.3. The molecule has 0 atom stereocenters. The van der Waals surface area contributed by atoms with Crippen LogP contribution in [0.25, 0.3) is 11.5 Å². The van der Waals surface area contributed by atoms with Gasteiger partial charge in [0.05, 0.1) is 0 Å². The van der Waals surface area contributed by atoms with E-state index >= 15 is 0 Å². The zero-order valence-electron chi connectivity index (χ0n) is 10.3. The number of pyridine rings is 2. The molecule has 92 valence electrons. The topological polar surface area (TPSA) is 66.2 Å². The van der Waals surface area contributed by atoms with E-state index in [1.165, 1.54) is 0 Å². The molecule has 0 unspecified atom stereocenters. The van der Waals surface area contributed by atoms with Crippen LogP contribution in [0.4, 0.5) is 0 Å². The highest BCUT2D eigenvalue weighted by Gasteiger charge is 2.11. The molecular formula is C14H14N2O2. The number of aromatic nitrogens is 2. The third kappa shape index (κ3) is 2.48. The average molecular weight is 242 g/mol. The Morgan fingerprint density at radius 1 is 0.778 bits per heavy atom. The molecule has 0 radical (unpaired) electrons. The van der Waals surface area contributed by atoms with Crippen LogP contribution in [0.2, 0.25) is 0 Å². The first-order chi connectivity index (χ1) is 8.58. The summed E-state index contributed by atoms with van der Waals surface area (Å²) in [7, 11) is 0. The standard InChI is InChI=1S/C14H14N2O2/c1-9-5-3-7-11(15-9)13(17)14(18)12-8-4-6-10(2)16-12/h3-8,17-18H,1-2H3. The van der Waals surface area contributed by atoms with Gasteiger partial charge in [-0.25, -0.2) is 9.97 Å². The van der Waals surface area contributed by atoms with Crippen LogP contribution >= 0.6 is 0 Å². The van der Waals surface area contributed by atoms with Crippen molar-refractivity contribution in [3.63, 3.8) is 0 Å². The van der Waals surface area contributed by atoms with E-state index in [2.05, 4.69) is 9.97 Å². The molecule has 0 amide bonds. The third-order valence-electron chi connectivity index (χ3n) is 2.49. The van der Waals surface area contributed by atoms with Gasteiger partial charge in [-0.2, -0.15) is 0 Å². The van der Waals surface area contributed by atoms with Crippen LogP contribution < -0.4 is 0 Å². The molecule has 0 saturated heterocycles. The summed E-state index contributed by atoms with van der Waals surface area (Å²) in [5, 5.41) is 20.0. The maximum absolute atomic E-state index is 9.98. The van der Waals surface area contributed by atoms with Crippen molar-refractivity contribution in [1.82, 2.24) is 9.97 Å². The van der Waals surface area contributed by atoms with Gasteiger partial charge in [-0.05, 0) is 38.1 Å². The molecule has 4 heteroatoms. The van der Waals surface area contributed by atoms with Crippen LogP contribution in [0.15, 0.2) is 36.4 Å². The van der Waals surface area contributed by atoms with E-state index in [-0.39, 0.29) is 11.5 Å². The Morgan fingerprint density at radius 2 is 1.17 bits per heavy atom. The molecule has 4 nitrogen and oxygen atoms in total. The second-order valence-electron chi connectivity index (χ2n) is 4.03. The van der Waals surface area contributed by atoms with Gasteiger partial charge >= 0.3 is 0 Å². The highest BCUT2D eigenvalue weighted by Crippen LogP contribution is 2.19. The molecule has 0 aliphatic rings. The van der Waals surface area contributed by atoms with Crippen LogP contribution in [0.1, 0.15) is 22.8 Å². The van der Waals surface area contributed by atoms with E-state index in [1.54, 1.807) is 24.3 Å². The molecule has 0 spiro atoms. The average Bonchev–Trinajstić information content (AvgIpc) is 2.37. The molecule has 0 aliphatic carbocycles. The van der Waals surface area contributed by atoms with Crippen molar-refractivity contribution < 1.29 is 10.2 Å². The van der Waals surface area contributed by atoms with E-state index in [1.807, 2.05) is 26.0 Å². The number of hydrogen-bond donors (Lipinski definition) is 2. The van der Waals surface area contributed by atoms with Gasteiger partial charge < -0.3 is 10.2 Å². The van der Waals surface area contributed by atoms with Gasteiger partial charge in [0.25, 0.3) is 0 Å². The third-order valence-corrected chi connectivity index (χ3v) is 2.49. The summed E-state index contributed by atoms with van der Waals surface area (Å²) in [4.78, 5) is 8.29. The Kier molecular flexibility index (Phi) is 3.28. The summed E-state index contributed by atoms with van der Waals surface area (Å²) in [6.07, 6.45) is 0. The number of aliphatic hydroxyl groups excluding tert-OH is 2. The maximum Gasteiger partial charge on any atom is 0.186 e. The van der Waals surface area contributed by atoms with Crippen LogP contribution in [0.5, 0.6) is 0 Å². The molecule has 2 aromatic heterocycles. The molecule has 2 aromatic rings. The van der Waals surface area contributed by atoms with Crippen LogP contribution in [-0.4, -0.2) is 20.2 Å². The van der Waals surface area contributed by atoms with Gasteiger partial charge in [0, 0.05) is 11.4 Å². The Bertz CT molecular complexity index is 553. The smallest absolute Gasteiger partial charge is 0.186 e. The van der Waals surface area contributed by atoms with Gasteiger partial charge in [0.2, 0.25) is 0 Å². The lowest BCUT2D eigenvalue weighted by atomic mass is 10.2. The monoisotopic (exact) mass is 242 g/mol.